The molecule has 1 aliphatic heterocycles. The minimum absolute atomic E-state index is 0.0502. The number of nitrogens with two attached hydrogens (primary N) is 2. The highest BCUT2D eigenvalue weighted by Crippen LogP contribution is 2.19. The van der Waals surface area contributed by atoms with Gasteiger partial charge in [0.2, 0.25) is 11.8 Å². The average Bonchev–Trinajstić information content (AvgIpc) is 2.84. The Bertz CT molecular complexity index is 1010. The van der Waals surface area contributed by atoms with E-state index in [-0.39, 0.29) is 30.6 Å². The van der Waals surface area contributed by atoms with Gasteiger partial charge in [0.25, 0.3) is 0 Å². The Kier molecular flexibility index (Phi) is 9.46. The van der Waals surface area contributed by atoms with Crippen molar-refractivity contribution in [1.29, 1.82) is 5.41 Å². The summed E-state index contributed by atoms with van der Waals surface area (Å²) in [5.74, 6) is -0.374. The quantitative estimate of drug-likeness (QED) is 0.195. The zero-order valence-electron chi connectivity index (χ0n) is 19.1. The van der Waals surface area contributed by atoms with Crippen molar-refractivity contribution in [1.82, 2.24) is 9.62 Å². The molecule has 1 unspecified atom stereocenters. The molecule has 0 spiro atoms. The Balaban J connectivity index is 1.79. The summed E-state index contributed by atoms with van der Waals surface area (Å²) in [5.41, 5.74) is 12.9. The van der Waals surface area contributed by atoms with Gasteiger partial charge in [-0.25, -0.2) is 0 Å². The number of benzene rings is 2. The highest BCUT2D eigenvalue weighted by molar-refractivity contribution is 7.89. The normalized spacial score (nSPS) is 15.4. The lowest BCUT2D eigenvalue weighted by molar-refractivity contribution is -0.133. The van der Waals surface area contributed by atoms with Crippen LogP contribution in [-0.2, 0) is 27.4 Å². The first kappa shape index (κ1) is 25.7. The molecule has 1 saturated heterocycles. The van der Waals surface area contributed by atoms with Crippen LogP contribution in [0.4, 0.5) is 5.69 Å². The molecule has 9 nitrogen and oxygen atoms in total. The number of rotatable bonds is 10. The van der Waals surface area contributed by atoms with Crippen molar-refractivity contribution in [3.63, 3.8) is 0 Å². The summed E-state index contributed by atoms with van der Waals surface area (Å²) in [6.07, 6.45) is 3.49. The van der Waals surface area contributed by atoms with E-state index < -0.39 is 17.4 Å². The van der Waals surface area contributed by atoms with E-state index in [0.717, 1.165) is 24.8 Å². The standard InChI is InChI=1S/C24H32N6O3S/c25-11-10-22(31)28-19-8-5-9-20(16-19)34(33)29-21(24(32)30-12-2-1-3-13-30)15-17-6-4-7-18(14-17)23(26)27/h4-9,14,16,21,29H,1-3,10-13,15,25H2,(H3,26,27)(H,28,31)/t21-,34?/m0/s1. The molecule has 2 aromatic carbocycles. The molecule has 2 atom stereocenters. The van der Waals surface area contributed by atoms with Crippen LogP contribution in [-0.4, -0.2) is 52.8 Å². The van der Waals surface area contributed by atoms with E-state index in [2.05, 4.69) is 10.0 Å². The fourth-order valence-electron chi connectivity index (χ4n) is 3.86. The smallest absolute Gasteiger partial charge is 0.244 e. The Morgan fingerprint density at radius 1 is 1.12 bits per heavy atom. The SMILES string of the molecule is N=C(N)c1cccc(C[C@H](N[S+]([O-])c2cccc(NC(=O)CCN)c2)C(=O)N2CCCCC2)c1. The third-order valence-corrected chi connectivity index (χ3v) is 6.78. The molecule has 1 fully saturated rings. The number of carbonyl (C=O) groups excluding carboxylic acids is 2. The van der Waals surface area contributed by atoms with Crippen LogP contribution >= 0.6 is 0 Å². The fraction of sp³-hybridized carbons (Fsp3) is 0.375. The molecule has 1 heterocycles. The number of nitrogen functional groups attached to an aromatic ring is 1. The number of nitrogens with zero attached hydrogens (tertiary/aromatic N) is 1. The average molecular weight is 485 g/mol. The Labute approximate surface area is 203 Å². The molecule has 2 aromatic rings. The van der Waals surface area contributed by atoms with Crippen molar-refractivity contribution < 1.29 is 14.1 Å². The van der Waals surface area contributed by atoms with Crippen LogP contribution in [0.1, 0.15) is 36.8 Å². The second-order valence-corrected chi connectivity index (χ2v) is 9.50. The summed E-state index contributed by atoms with van der Waals surface area (Å²) in [6.45, 7) is 1.60. The number of anilines is 1. The summed E-state index contributed by atoms with van der Waals surface area (Å²) >= 11 is -1.70. The van der Waals surface area contributed by atoms with Crippen molar-refractivity contribution in [3.05, 3.63) is 59.7 Å². The van der Waals surface area contributed by atoms with Gasteiger partial charge in [0.15, 0.2) is 4.90 Å². The van der Waals surface area contributed by atoms with Crippen LogP contribution in [0.3, 0.4) is 0 Å². The zero-order valence-corrected chi connectivity index (χ0v) is 19.9. The van der Waals surface area contributed by atoms with Gasteiger partial charge in [-0.05, 0) is 43.0 Å². The predicted octanol–water partition coefficient (Wildman–Crippen LogP) is 1.49. The molecule has 0 radical (unpaired) electrons. The summed E-state index contributed by atoms with van der Waals surface area (Å²) in [5, 5.41) is 10.4. The number of amidine groups is 1. The molecule has 2 amide bonds. The van der Waals surface area contributed by atoms with Crippen LogP contribution in [0, 0.1) is 5.41 Å². The minimum atomic E-state index is -1.70. The van der Waals surface area contributed by atoms with E-state index in [1.165, 1.54) is 0 Å². The van der Waals surface area contributed by atoms with Gasteiger partial charge in [-0.15, -0.1) is 4.72 Å². The van der Waals surface area contributed by atoms with E-state index >= 15 is 0 Å². The summed E-state index contributed by atoms with van der Waals surface area (Å²) in [4.78, 5) is 27.5. The molecule has 182 valence electrons. The maximum atomic E-state index is 13.4. The predicted molar refractivity (Wildman–Crippen MR) is 134 cm³/mol. The lowest BCUT2D eigenvalue weighted by Gasteiger charge is -2.30. The molecule has 7 N–H and O–H groups in total. The van der Waals surface area contributed by atoms with Crippen LogP contribution in [0.25, 0.3) is 0 Å². The van der Waals surface area contributed by atoms with E-state index in [1.54, 1.807) is 42.5 Å². The highest BCUT2D eigenvalue weighted by Gasteiger charge is 2.30. The number of hydrogen-bond donors (Lipinski definition) is 5. The van der Waals surface area contributed by atoms with Gasteiger partial charge in [0, 0.05) is 49.8 Å². The van der Waals surface area contributed by atoms with Gasteiger partial charge in [-0.1, -0.05) is 24.3 Å². The molecular formula is C24H32N6O3S. The fourth-order valence-corrected chi connectivity index (χ4v) is 4.87. The first-order valence-electron chi connectivity index (χ1n) is 11.4. The zero-order chi connectivity index (χ0) is 24.5. The summed E-state index contributed by atoms with van der Waals surface area (Å²) < 4.78 is 16.2. The minimum Gasteiger partial charge on any atom is -0.593 e. The maximum absolute atomic E-state index is 13.4. The number of amides is 2. The number of nitrogens with one attached hydrogen (secondary N) is 3. The Hall–Kier alpha value is -2.92. The van der Waals surface area contributed by atoms with E-state index in [9.17, 15) is 14.1 Å². The van der Waals surface area contributed by atoms with Gasteiger partial charge in [-0.2, -0.15) is 0 Å². The van der Waals surface area contributed by atoms with Crippen molar-refractivity contribution in [2.45, 2.75) is 43.0 Å². The van der Waals surface area contributed by atoms with Crippen molar-refractivity contribution >= 4 is 34.7 Å². The van der Waals surface area contributed by atoms with Crippen LogP contribution in [0.5, 0.6) is 0 Å². The van der Waals surface area contributed by atoms with Crippen molar-refractivity contribution in [2.24, 2.45) is 11.5 Å². The Morgan fingerprint density at radius 3 is 2.56 bits per heavy atom. The second kappa shape index (κ2) is 12.5. The van der Waals surface area contributed by atoms with E-state index in [0.29, 0.717) is 35.7 Å². The van der Waals surface area contributed by atoms with Crippen LogP contribution in [0.2, 0.25) is 0 Å². The molecule has 34 heavy (non-hydrogen) atoms. The summed E-state index contributed by atoms with van der Waals surface area (Å²) in [6, 6.07) is 13.2. The molecule has 10 heteroatoms. The molecule has 0 bridgehead atoms. The molecule has 0 aliphatic carbocycles. The lowest BCUT2D eigenvalue weighted by Crippen LogP contribution is -2.51. The third-order valence-electron chi connectivity index (χ3n) is 5.60. The largest absolute Gasteiger partial charge is 0.593 e. The lowest BCUT2D eigenvalue weighted by atomic mass is 10.0. The second-order valence-electron chi connectivity index (χ2n) is 8.26. The van der Waals surface area contributed by atoms with Gasteiger partial charge in [0.05, 0.1) is 11.4 Å². The van der Waals surface area contributed by atoms with Gasteiger partial charge >= 0.3 is 0 Å². The maximum Gasteiger partial charge on any atom is 0.244 e. The number of likely N-dealkylation sites (tertiary alicyclic amines) is 1. The molecule has 0 aromatic heterocycles. The summed E-state index contributed by atoms with van der Waals surface area (Å²) in [7, 11) is 0. The molecular weight excluding hydrogens is 452 g/mol. The van der Waals surface area contributed by atoms with Crippen LogP contribution in [0.15, 0.2) is 53.4 Å². The first-order chi connectivity index (χ1) is 16.4. The monoisotopic (exact) mass is 484 g/mol. The topological polar surface area (TPSA) is 160 Å². The number of hydrogen-bond acceptors (Lipinski definition) is 6. The van der Waals surface area contributed by atoms with Crippen LogP contribution < -0.4 is 21.5 Å². The van der Waals surface area contributed by atoms with Gasteiger partial charge in [-0.3, -0.25) is 15.0 Å². The van der Waals surface area contributed by atoms with E-state index in [1.807, 2.05) is 11.0 Å². The van der Waals surface area contributed by atoms with Crippen molar-refractivity contribution in [3.8, 4) is 0 Å². The van der Waals surface area contributed by atoms with E-state index in [4.69, 9.17) is 16.9 Å². The first-order valence-corrected chi connectivity index (χ1v) is 12.5. The molecule has 0 saturated carbocycles. The third kappa shape index (κ3) is 7.29. The number of piperidine rings is 1. The molecule has 3 rings (SSSR count). The Morgan fingerprint density at radius 2 is 1.85 bits per heavy atom. The van der Waals surface area contributed by atoms with Gasteiger partial charge in [0.1, 0.15) is 11.9 Å². The van der Waals surface area contributed by atoms with Gasteiger partial charge < -0.3 is 26.2 Å². The highest BCUT2D eigenvalue weighted by atomic mass is 32.2. The number of carbonyl (C=O) groups is 2. The van der Waals surface area contributed by atoms with Crippen molar-refractivity contribution in [2.75, 3.05) is 25.0 Å². The molecule has 1 aliphatic rings.